The largest absolute Gasteiger partial charge is 0.361 e. The third kappa shape index (κ3) is 8.69. The number of rotatable bonds is 10. The van der Waals surface area contributed by atoms with Gasteiger partial charge in [-0.3, -0.25) is 34.7 Å². The molecule has 4 aromatic rings. The van der Waals surface area contributed by atoms with Crippen LogP contribution < -0.4 is 16.5 Å². The van der Waals surface area contributed by atoms with E-state index < -0.39 is 35.5 Å². The van der Waals surface area contributed by atoms with Gasteiger partial charge < -0.3 is 5.73 Å². The van der Waals surface area contributed by atoms with E-state index in [1.54, 1.807) is 60.7 Å². The highest BCUT2D eigenvalue weighted by atomic mass is 16.2. The highest BCUT2D eigenvalue weighted by molar-refractivity contribution is 6.37. The number of imide groups is 1. The lowest BCUT2D eigenvalue weighted by atomic mass is 9.91. The first kappa shape index (κ1) is 30.4. The summed E-state index contributed by atoms with van der Waals surface area (Å²) in [4.78, 5) is 64.0. The molecule has 0 aliphatic carbocycles. The Hall–Kier alpha value is -5.61. The summed E-state index contributed by atoms with van der Waals surface area (Å²) in [5, 5.41) is 4.23. The fourth-order valence-electron chi connectivity index (χ4n) is 4.47. The van der Waals surface area contributed by atoms with Crippen LogP contribution in [0.25, 0.3) is 0 Å². The van der Waals surface area contributed by atoms with Gasteiger partial charge in [0.05, 0.1) is 19.5 Å². The molecule has 0 bridgehead atoms. The van der Waals surface area contributed by atoms with Crippen molar-refractivity contribution in [3.8, 4) is 0 Å². The second-order valence-electron chi connectivity index (χ2n) is 9.65. The van der Waals surface area contributed by atoms with Gasteiger partial charge in [0.15, 0.2) is 0 Å². The van der Waals surface area contributed by atoms with Crippen molar-refractivity contribution in [2.75, 3.05) is 6.54 Å². The molecular weight excluding hydrogens is 546 g/mol. The monoisotopic (exact) mass is 577 g/mol. The van der Waals surface area contributed by atoms with Crippen molar-refractivity contribution in [1.82, 2.24) is 20.9 Å². The molecule has 0 saturated carbocycles. The molecule has 0 spiro atoms. The van der Waals surface area contributed by atoms with Crippen molar-refractivity contribution in [3.05, 3.63) is 144 Å². The molecule has 0 aliphatic rings. The maximum atomic E-state index is 13.7. The fourth-order valence-corrected chi connectivity index (χ4v) is 4.47. The van der Waals surface area contributed by atoms with Crippen LogP contribution in [0.4, 0.5) is 0 Å². The van der Waals surface area contributed by atoms with E-state index in [1.165, 1.54) is 0 Å². The second-order valence-corrected chi connectivity index (χ2v) is 9.65. The number of hydrogen-bond acceptors (Lipinski definition) is 6. The van der Waals surface area contributed by atoms with Crippen LogP contribution in [-0.4, -0.2) is 46.2 Å². The molecule has 0 saturated heterocycles. The van der Waals surface area contributed by atoms with E-state index in [0.29, 0.717) is 11.1 Å². The van der Waals surface area contributed by atoms with Crippen molar-refractivity contribution in [3.63, 3.8) is 0 Å². The summed E-state index contributed by atoms with van der Waals surface area (Å²) in [6.45, 7) is -0.244. The summed E-state index contributed by atoms with van der Waals surface area (Å²) < 4.78 is 0. The maximum absolute atomic E-state index is 13.7. The third-order valence-electron chi connectivity index (χ3n) is 6.57. The first-order valence-corrected chi connectivity index (χ1v) is 13.5. The lowest BCUT2D eigenvalue weighted by Crippen LogP contribution is -2.60. The zero-order valence-corrected chi connectivity index (χ0v) is 23.3. The van der Waals surface area contributed by atoms with Crippen molar-refractivity contribution in [2.45, 2.75) is 18.9 Å². The summed E-state index contributed by atoms with van der Waals surface area (Å²) >= 11 is 0. The van der Waals surface area contributed by atoms with Gasteiger partial charge in [0.2, 0.25) is 5.91 Å². The zero-order valence-electron chi connectivity index (χ0n) is 23.3. The van der Waals surface area contributed by atoms with Crippen LogP contribution in [-0.2, 0) is 36.9 Å². The number of hydrazine groups is 2. The number of carbonyl (C=O) groups excluding carboxylic acids is 5. The molecule has 0 atom stereocenters. The minimum atomic E-state index is -1.28. The summed E-state index contributed by atoms with van der Waals surface area (Å²) in [5.41, 5.74) is 10.6. The van der Waals surface area contributed by atoms with E-state index >= 15 is 0 Å². The van der Waals surface area contributed by atoms with Crippen LogP contribution in [0.1, 0.15) is 28.2 Å². The van der Waals surface area contributed by atoms with Gasteiger partial charge in [0, 0.05) is 5.92 Å². The van der Waals surface area contributed by atoms with E-state index in [2.05, 4.69) is 10.7 Å². The summed E-state index contributed by atoms with van der Waals surface area (Å²) in [6.07, 6.45) is -0.120. The van der Waals surface area contributed by atoms with E-state index in [9.17, 15) is 24.0 Å². The lowest BCUT2D eigenvalue weighted by Gasteiger charge is -2.36. The topological polar surface area (TPSA) is 142 Å². The van der Waals surface area contributed by atoms with Gasteiger partial charge in [-0.2, -0.15) is 0 Å². The minimum Gasteiger partial charge on any atom is -0.361 e. The van der Waals surface area contributed by atoms with Gasteiger partial charge in [-0.05, 0) is 22.3 Å². The van der Waals surface area contributed by atoms with Crippen molar-refractivity contribution >= 4 is 29.5 Å². The number of hydrogen-bond donors (Lipinski definition) is 3. The first-order valence-electron chi connectivity index (χ1n) is 13.5. The minimum absolute atomic E-state index is 0.0726. The molecule has 0 aromatic heterocycles. The molecule has 0 radical (unpaired) electrons. The lowest BCUT2D eigenvalue weighted by molar-refractivity contribution is -0.170. The smallest absolute Gasteiger partial charge is 0.328 e. The summed E-state index contributed by atoms with van der Waals surface area (Å²) in [6, 6.07) is 36.2. The summed E-state index contributed by atoms with van der Waals surface area (Å²) in [7, 11) is 0. The molecule has 0 heterocycles. The van der Waals surface area contributed by atoms with Crippen LogP contribution in [0.2, 0.25) is 0 Å². The molecule has 43 heavy (non-hydrogen) atoms. The highest BCUT2D eigenvalue weighted by Gasteiger charge is 2.33. The van der Waals surface area contributed by atoms with Crippen LogP contribution >= 0.6 is 0 Å². The van der Waals surface area contributed by atoms with Crippen LogP contribution in [0.5, 0.6) is 0 Å². The molecular formula is C33H31N5O5. The Balaban J connectivity index is 1.69. The van der Waals surface area contributed by atoms with Gasteiger partial charge in [-0.15, -0.1) is 5.12 Å². The van der Waals surface area contributed by atoms with E-state index in [4.69, 9.17) is 5.73 Å². The molecule has 4 N–H and O–H groups in total. The SMILES string of the molecule is NC(=O)C(=O)NN(CC(c1ccccc1)c1ccccc1)N(Cc1ccccc1)C(=O)C(=O)NC(=O)Cc1ccccc1. The Morgan fingerprint density at radius 1 is 0.628 bits per heavy atom. The second kappa shape index (κ2) is 14.9. The van der Waals surface area contributed by atoms with Crippen molar-refractivity contribution in [2.24, 2.45) is 5.73 Å². The van der Waals surface area contributed by atoms with Crippen LogP contribution in [0.3, 0.4) is 0 Å². The number of carbonyl (C=O) groups is 5. The number of amides is 5. The molecule has 0 aliphatic heterocycles. The average Bonchev–Trinajstić information content (AvgIpc) is 3.03. The van der Waals surface area contributed by atoms with Crippen LogP contribution in [0.15, 0.2) is 121 Å². The molecule has 0 fully saturated rings. The molecule has 4 rings (SSSR count). The summed E-state index contributed by atoms with van der Waals surface area (Å²) in [5.74, 6) is -5.91. The Kier molecular flexibility index (Phi) is 10.5. The van der Waals surface area contributed by atoms with E-state index in [-0.39, 0.29) is 19.5 Å². The quantitative estimate of drug-likeness (QED) is 0.195. The van der Waals surface area contributed by atoms with Gasteiger partial charge >= 0.3 is 23.6 Å². The molecule has 0 unspecified atom stereocenters. The number of benzene rings is 4. The Morgan fingerprint density at radius 3 is 1.58 bits per heavy atom. The zero-order chi connectivity index (χ0) is 30.6. The first-order chi connectivity index (χ1) is 20.8. The van der Waals surface area contributed by atoms with Crippen LogP contribution in [0, 0.1) is 0 Å². The Labute approximate surface area is 249 Å². The number of nitrogens with one attached hydrogen (secondary N) is 2. The van der Waals surface area contributed by atoms with Gasteiger partial charge in [0.25, 0.3) is 0 Å². The predicted octanol–water partition coefficient (Wildman–Crippen LogP) is 2.47. The molecule has 10 nitrogen and oxygen atoms in total. The standard InChI is InChI=1S/C33H31N5O5/c34-30(40)31(41)36-38(23-28(26-17-9-3-10-18-26)27-19-11-4-12-20-27)37(22-25-15-7-2-8-16-25)33(43)32(42)35-29(39)21-24-13-5-1-6-14-24/h1-20,28H,21-23H2,(H2,34,40)(H,36,41)(H,35,39,42). The van der Waals surface area contributed by atoms with Gasteiger partial charge in [-0.1, -0.05) is 121 Å². The fraction of sp³-hybridized carbons (Fsp3) is 0.121. The predicted molar refractivity (Wildman–Crippen MR) is 159 cm³/mol. The van der Waals surface area contributed by atoms with Gasteiger partial charge in [0.1, 0.15) is 0 Å². The van der Waals surface area contributed by atoms with Crippen molar-refractivity contribution < 1.29 is 24.0 Å². The van der Waals surface area contributed by atoms with E-state index in [1.807, 2.05) is 60.7 Å². The average molecular weight is 578 g/mol. The normalized spacial score (nSPS) is 10.7. The molecule has 10 heteroatoms. The maximum Gasteiger partial charge on any atom is 0.328 e. The Morgan fingerprint density at radius 2 is 1.09 bits per heavy atom. The van der Waals surface area contributed by atoms with Gasteiger partial charge in [-0.25, -0.2) is 5.01 Å². The number of nitrogens with zero attached hydrogens (tertiary/aromatic N) is 2. The van der Waals surface area contributed by atoms with E-state index in [0.717, 1.165) is 21.3 Å². The third-order valence-corrected chi connectivity index (χ3v) is 6.57. The molecule has 4 aromatic carbocycles. The highest BCUT2D eigenvalue weighted by Crippen LogP contribution is 2.26. The molecule has 218 valence electrons. The Bertz CT molecular complexity index is 1510. The number of primary amides is 1. The number of nitrogens with two attached hydrogens (primary N) is 1. The molecule has 5 amide bonds. The van der Waals surface area contributed by atoms with Crippen molar-refractivity contribution in [1.29, 1.82) is 0 Å².